The molecule has 0 radical (unpaired) electrons. The predicted octanol–water partition coefficient (Wildman–Crippen LogP) is 3.55. The molecule has 1 aromatic carbocycles. The Balaban J connectivity index is 2.23. The van der Waals surface area contributed by atoms with Gasteiger partial charge in [-0.15, -0.1) is 0 Å². The van der Waals surface area contributed by atoms with E-state index in [1.807, 2.05) is 37.6 Å². The van der Waals surface area contributed by atoms with Crippen LogP contribution in [0.4, 0.5) is 0 Å². The first kappa shape index (κ1) is 13.1. The van der Waals surface area contributed by atoms with Crippen molar-refractivity contribution in [1.82, 2.24) is 10.3 Å². The Hall–Kier alpha value is -1.38. The lowest BCUT2D eigenvalue weighted by atomic mass is 9.99. The lowest BCUT2D eigenvalue weighted by Gasteiger charge is -2.17. The highest BCUT2D eigenvalue weighted by atomic mass is 35.5. The molecule has 0 spiro atoms. The number of benzene rings is 1. The molecular formula is C15H17ClN2. The minimum Gasteiger partial charge on any atom is -0.313 e. The van der Waals surface area contributed by atoms with Crippen molar-refractivity contribution >= 4 is 11.6 Å². The molecule has 94 valence electrons. The van der Waals surface area contributed by atoms with Crippen LogP contribution < -0.4 is 5.32 Å². The van der Waals surface area contributed by atoms with Gasteiger partial charge in [-0.1, -0.05) is 35.9 Å². The van der Waals surface area contributed by atoms with E-state index in [1.165, 1.54) is 11.1 Å². The van der Waals surface area contributed by atoms with Gasteiger partial charge in [0.15, 0.2) is 0 Å². The van der Waals surface area contributed by atoms with E-state index < -0.39 is 0 Å². The zero-order valence-electron chi connectivity index (χ0n) is 10.7. The second-order valence-corrected chi connectivity index (χ2v) is 4.84. The summed E-state index contributed by atoms with van der Waals surface area (Å²) in [6.07, 6.45) is 4.64. The predicted molar refractivity (Wildman–Crippen MR) is 75.9 cm³/mol. The Morgan fingerprint density at radius 1 is 1.28 bits per heavy atom. The van der Waals surface area contributed by atoms with Gasteiger partial charge in [-0.25, -0.2) is 0 Å². The van der Waals surface area contributed by atoms with Crippen molar-refractivity contribution in [3.63, 3.8) is 0 Å². The van der Waals surface area contributed by atoms with E-state index in [4.69, 9.17) is 11.6 Å². The molecule has 0 amide bonds. The summed E-state index contributed by atoms with van der Waals surface area (Å²) in [5.41, 5.74) is 3.52. The first-order chi connectivity index (χ1) is 8.70. The van der Waals surface area contributed by atoms with Crippen LogP contribution >= 0.6 is 11.6 Å². The zero-order chi connectivity index (χ0) is 13.0. The maximum atomic E-state index is 6.20. The number of pyridine rings is 1. The largest absolute Gasteiger partial charge is 0.313 e. The molecule has 0 aliphatic rings. The van der Waals surface area contributed by atoms with Crippen LogP contribution in [0.5, 0.6) is 0 Å². The van der Waals surface area contributed by atoms with E-state index in [-0.39, 0.29) is 6.04 Å². The van der Waals surface area contributed by atoms with Gasteiger partial charge in [-0.3, -0.25) is 4.98 Å². The second-order valence-electron chi connectivity index (χ2n) is 4.43. The van der Waals surface area contributed by atoms with Crippen LogP contribution in [-0.4, -0.2) is 12.0 Å². The molecule has 2 rings (SSSR count). The van der Waals surface area contributed by atoms with Gasteiger partial charge in [0.2, 0.25) is 0 Å². The number of nitrogens with one attached hydrogen (secondary N) is 1. The second kappa shape index (κ2) is 5.98. The average Bonchev–Trinajstić information content (AvgIpc) is 2.38. The average molecular weight is 261 g/mol. The van der Waals surface area contributed by atoms with Gasteiger partial charge in [0.1, 0.15) is 0 Å². The molecule has 1 atom stereocenters. The molecule has 1 N–H and O–H groups in total. The Labute approximate surface area is 113 Å². The number of likely N-dealkylation sites (N-methyl/N-ethyl adjacent to an activating group) is 1. The van der Waals surface area contributed by atoms with Crippen molar-refractivity contribution in [2.24, 2.45) is 0 Å². The molecule has 0 bridgehead atoms. The molecule has 0 saturated heterocycles. The molecule has 0 saturated carbocycles. The number of aryl methyl sites for hydroxylation is 1. The molecule has 1 heterocycles. The van der Waals surface area contributed by atoms with Crippen molar-refractivity contribution in [3.05, 3.63) is 64.4 Å². The first-order valence-electron chi connectivity index (χ1n) is 6.03. The van der Waals surface area contributed by atoms with Gasteiger partial charge in [-0.05, 0) is 43.1 Å². The highest BCUT2D eigenvalue weighted by Crippen LogP contribution is 2.23. The molecule has 1 unspecified atom stereocenters. The van der Waals surface area contributed by atoms with Crippen LogP contribution in [0.1, 0.15) is 22.7 Å². The maximum absolute atomic E-state index is 6.20. The number of hydrogen-bond acceptors (Lipinski definition) is 2. The maximum Gasteiger partial charge on any atom is 0.0438 e. The molecule has 1 aromatic heterocycles. The topological polar surface area (TPSA) is 24.9 Å². The van der Waals surface area contributed by atoms with E-state index in [0.29, 0.717) is 0 Å². The van der Waals surface area contributed by atoms with E-state index in [9.17, 15) is 0 Å². The summed E-state index contributed by atoms with van der Waals surface area (Å²) in [7, 11) is 1.96. The van der Waals surface area contributed by atoms with Gasteiger partial charge in [-0.2, -0.15) is 0 Å². The third kappa shape index (κ3) is 3.09. The summed E-state index contributed by atoms with van der Waals surface area (Å²) < 4.78 is 0. The molecular weight excluding hydrogens is 244 g/mol. The fraction of sp³-hybridized carbons (Fsp3) is 0.267. The summed E-state index contributed by atoms with van der Waals surface area (Å²) in [6, 6.07) is 10.4. The normalized spacial score (nSPS) is 12.4. The van der Waals surface area contributed by atoms with Gasteiger partial charge in [0, 0.05) is 23.5 Å². The zero-order valence-corrected chi connectivity index (χ0v) is 11.4. The molecule has 0 fully saturated rings. The number of aromatic nitrogens is 1. The number of rotatable bonds is 4. The van der Waals surface area contributed by atoms with Crippen LogP contribution in [0.25, 0.3) is 0 Å². The summed E-state index contributed by atoms with van der Waals surface area (Å²) in [6.45, 7) is 2.05. The van der Waals surface area contributed by atoms with E-state index in [1.54, 1.807) is 0 Å². The van der Waals surface area contributed by atoms with Crippen molar-refractivity contribution < 1.29 is 0 Å². The smallest absolute Gasteiger partial charge is 0.0438 e. The van der Waals surface area contributed by atoms with Crippen LogP contribution in [0, 0.1) is 6.92 Å². The Bertz CT molecular complexity index is 525. The van der Waals surface area contributed by atoms with Gasteiger partial charge in [0.25, 0.3) is 0 Å². The molecule has 2 nitrogen and oxygen atoms in total. The molecule has 18 heavy (non-hydrogen) atoms. The third-order valence-corrected chi connectivity index (χ3v) is 3.40. The van der Waals surface area contributed by atoms with Gasteiger partial charge < -0.3 is 5.32 Å². The van der Waals surface area contributed by atoms with Gasteiger partial charge >= 0.3 is 0 Å². The summed E-state index contributed by atoms with van der Waals surface area (Å²) in [4.78, 5) is 4.24. The lowest BCUT2D eigenvalue weighted by Crippen LogP contribution is -2.19. The third-order valence-electron chi connectivity index (χ3n) is 3.03. The standard InChI is InChI=1S/C15H17ClN2/c1-11-7-13(10-18-9-11)15(17-2)8-12-5-3-4-6-14(12)16/h3-7,9-10,15,17H,8H2,1-2H3. The SMILES string of the molecule is CNC(Cc1ccccc1Cl)c1cncc(C)c1. The molecule has 3 heteroatoms. The van der Waals surface area contributed by atoms with Crippen molar-refractivity contribution in [2.75, 3.05) is 7.05 Å². The Morgan fingerprint density at radius 2 is 2.06 bits per heavy atom. The highest BCUT2D eigenvalue weighted by molar-refractivity contribution is 6.31. The Kier molecular flexibility index (Phi) is 4.34. The molecule has 2 aromatic rings. The summed E-state index contributed by atoms with van der Waals surface area (Å²) in [5, 5.41) is 4.14. The van der Waals surface area contributed by atoms with Crippen molar-refractivity contribution in [1.29, 1.82) is 0 Å². The number of nitrogens with zero attached hydrogens (tertiary/aromatic N) is 1. The van der Waals surface area contributed by atoms with E-state index in [2.05, 4.69) is 29.4 Å². The molecule has 0 aliphatic heterocycles. The minimum atomic E-state index is 0.234. The molecule has 0 aliphatic carbocycles. The van der Waals surface area contributed by atoms with Crippen molar-refractivity contribution in [3.8, 4) is 0 Å². The summed E-state index contributed by atoms with van der Waals surface area (Å²) in [5.74, 6) is 0. The monoisotopic (exact) mass is 260 g/mol. The Morgan fingerprint density at radius 3 is 2.72 bits per heavy atom. The van der Waals surface area contributed by atoms with E-state index in [0.717, 1.165) is 17.0 Å². The first-order valence-corrected chi connectivity index (χ1v) is 6.40. The van der Waals surface area contributed by atoms with E-state index >= 15 is 0 Å². The fourth-order valence-corrected chi connectivity index (χ4v) is 2.25. The van der Waals surface area contributed by atoms with Crippen LogP contribution in [0.2, 0.25) is 5.02 Å². The van der Waals surface area contributed by atoms with Crippen LogP contribution in [0.15, 0.2) is 42.7 Å². The number of hydrogen-bond donors (Lipinski definition) is 1. The lowest BCUT2D eigenvalue weighted by molar-refractivity contribution is 0.589. The minimum absolute atomic E-state index is 0.234. The van der Waals surface area contributed by atoms with Gasteiger partial charge in [0.05, 0.1) is 0 Å². The van der Waals surface area contributed by atoms with Crippen LogP contribution in [0.3, 0.4) is 0 Å². The quantitative estimate of drug-likeness (QED) is 0.910. The highest BCUT2D eigenvalue weighted by Gasteiger charge is 2.12. The van der Waals surface area contributed by atoms with Crippen LogP contribution in [-0.2, 0) is 6.42 Å². The van der Waals surface area contributed by atoms with Crippen molar-refractivity contribution in [2.45, 2.75) is 19.4 Å². The fourth-order valence-electron chi connectivity index (χ4n) is 2.04. The summed E-state index contributed by atoms with van der Waals surface area (Å²) >= 11 is 6.20. The number of halogens is 1.